The van der Waals surface area contributed by atoms with E-state index in [2.05, 4.69) is 4.74 Å². The molecule has 0 bridgehead atoms. The number of rotatable bonds is 4. The van der Waals surface area contributed by atoms with Crippen molar-refractivity contribution in [3.8, 4) is 5.75 Å². The van der Waals surface area contributed by atoms with Crippen molar-refractivity contribution >= 4 is 11.7 Å². The average molecular weight is 217 g/mol. The third-order valence-corrected chi connectivity index (χ3v) is 1.63. The largest absolute Gasteiger partial charge is 0.485 e. The van der Waals surface area contributed by atoms with Gasteiger partial charge in [-0.2, -0.15) is 0 Å². The van der Waals surface area contributed by atoms with Gasteiger partial charge in [-0.05, 0) is 18.2 Å². The lowest BCUT2D eigenvalue weighted by Gasteiger charge is -2.08. The Bertz CT molecular complexity index is 368. The SMILES string of the molecule is Nc1ccc(C(=O)O)cc1OCC(F)F. The molecule has 1 aromatic rings. The molecule has 6 heteroatoms. The summed E-state index contributed by atoms with van der Waals surface area (Å²) in [5.41, 5.74) is 5.48. The summed E-state index contributed by atoms with van der Waals surface area (Å²) in [4.78, 5) is 10.6. The predicted molar refractivity (Wildman–Crippen MR) is 49.3 cm³/mol. The van der Waals surface area contributed by atoms with E-state index in [1.165, 1.54) is 12.1 Å². The van der Waals surface area contributed by atoms with Gasteiger partial charge < -0.3 is 15.6 Å². The second kappa shape index (κ2) is 4.59. The van der Waals surface area contributed by atoms with E-state index in [4.69, 9.17) is 10.8 Å². The van der Waals surface area contributed by atoms with Gasteiger partial charge in [0.25, 0.3) is 6.43 Å². The summed E-state index contributed by atoms with van der Waals surface area (Å²) in [7, 11) is 0. The third-order valence-electron chi connectivity index (χ3n) is 1.63. The first-order chi connectivity index (χ1) is 7.00. The van der Waals surface area contributed by atoms with Gasteiger partial charge in [0.2, 0.25) is 0 Å². The van der Waals surface area contributed by atoms with Gasteiger partial charge in [0.1, 0.15) is 12.4 Å². The summed E-state index contributed by atoms with van der Waals surface area (Å²) >= 11 is 0. The number of hydrogen-bond acceptors (Lipinski definition) is 3. The van der Waals surface area contributed by atoms with Crippen molar-refractivity contribution in [3.63, 3.8) is 0 Å². The monoisotopic (exact) mass is 217 g/mol. The van der Waals surface area contributed by atoms with Crippen LogP contribution in [0.3, 0.4) is 0 Å². The molecule has 82 valence electrons. The van der Waals surface area contributed by atoms with Gasteiger partial charge in [-0.1, -0.05) is 0 Å². The number of anilines is 1. The summed E-state index contributed by atoms with van der Waals surface area (Å²) < 4.78 is 28.3. The second-order valence-electron chi connectivity index (χ2n) is 2.76. The topological polar surface area (TPSA) is 72.6 Å². The van der Waals surface area contributed by atoms with Crippen LogP contribution in [0.2, 0.25) is 0 Å². The molecule has 15 heavy (non-hydrogen) atoms. The summed E-state index contributed by atoms with van der Waals surface area (Å²) in [5.74, 6) is -1.22. The maximum Gasteiger partial charge on any atom is 0.335 e. The molecule has 0 saturated carbocycles. The lowest BCUT2D eigenvalue weighted by atomic mass is 10.2. The zero-order valence-electron chi connectivity index (χ0n) is 7.61. The third kappa shape index (κ3) is 3.08. The molecular weight excluding hydrogens is 208 g/mol. The van der Waals surface area contributed by atoms with Crippen LogP contribution in [0, 0.1) is 0 Å². The number of carboxylic acids is 1. The van der Waals surface area contributed by atoms with Crippen molar-refractivity contribution in [2.45, 2.75) is 6.43 Å². The first kappa shape index (κ1) is 11.2. The summed E-state index contributed by atoms with van der Waals surface area (Å²) in [6, 6.07) is 3.68. The molecule has 0 aromatic heterocycles. The highest BCUT2D eigenvalue weighted by Crippen LogP contribution is 2.23. The Morgan fingerprint density at radius 3 is 2.73 bits per heavy atom. The van der Waals surface area contributed by atoms with Crippen molar-refractivity contribution in [3.05, 3.63) is 23.8 Å². The molecule has 0 aliphatic heterocycles. The number of ether oxygens (including phenoxy) is 1. The highest BCUT2D eigenvalue weighted by molar-refractivity contribution is 5.89. The van der Waals surface area contributed by atoms with Crippen LogP contribution < -0.4 is 10.5 Å². The summed E-state index contributed by atoms with van der Waals surface area (Å²) in [5, 5.41) is 8.63. The molecule has 1 rings (SSSR count). The van der Waals surface area contributed by atoms with Crippen LogP contribution in [0.25, 0.3) is 0 Å². The van der Waals surface area contributed by atoms with E-state index < -0.39 is 19.0 Å². The van der Waals surface area contributed by atoms with Gasteiger partial charge >= 0.3 is 5.97 Å². The van der Waals surface area contributed by atoms with Crippen LogP contribution >= 0.6 is 0 Å². The van der Waals surface area contributed by atoms with Crippen molar-refractivity contribution < 1.29 is 23.4 Å². The number of nitrogens with two attached hydrogens (primary N) is 1. The molecule has 0 atom stereocenters. The fourth-order valence-corrected chi connectivity index (χ4v) is 0.945. The molecule has 0 aliphatic rings. The number of aromatic carboxylic acids is 1. The summed E-state index contributed by atoms with van der Waals surface area (Å²) in [6.07, 6.45) is -2.63. The van der Waals surface area contributed by atoms with Gasteiger partial charge in [0, 0.05) is 0 Å². The van der Waals surface area contributed by atoms with E-state index in [1.807, 2.05) is 0 Å². The minimum atomic E-state index is -2.63. The fraction of sp³-hybridized carbons (Fsp3) is 0.222. The lowest BCUT2D eigenvalue weighted by Crippen LogP contribution is -2.09. The Hall–Kier alpha value is -1.85. The van der Waals surface area contributed by atoms with E-state index in [1.54, 1.807) is 0 Å². The van der Waals surface area contributed by atoms with E-state index in [-0.39, 0.29) is 17.0 Å². The zero-order chi connectivity index (χ0) is 11.4. The Kier molecular flexibility index (Phi) is 3.43. The molecular formula is C9H9F2NO3. The fourth-order valence-electron chi connectivity index (χ4n) is 0.945. The quantitative estimate of drug-likeness (QED) is 0.751. The number of nitrogen functional groups attached to an aromatic ring is 1. The standard InChI is InChI=1S/C9H9F2NO3/c10-8(11)4-15-7-3-5(9(13)14)1-2-6(7)12/h1-3,8H,4,12H2,(H,13,14). The van der Waals surface area contributed by atoms with Crippen LogP contribution in [-0.4, -0.2) is 24.1 Å². The lowest BCUT2D eigenvalue weighted by molar-refractivity contribution is 0.0695. The molecule has 0 fully saturated rings. The van der Waals surface area contributed by atoms with Gasteiger partial charge in [-0.15, -0.1) is 0 Å². The van der Waals surface area contributed by atoms with Crippen LogP contribution in [0.5, 0.6) is 5.75 Å². The molecule has 3 N–H and O–H groups in total. The van der Waals surface area contributed by atoms with Gasteiger partial charge in [-0.25, -0.2) is 13.6 Å². The normalized spacial score (nSPS) is 10.3. The van der Waals surface area contributed by atoms with E-state index >= 15 is 0 Å². The number of hydrogen-bond donors (Lipinski definition) is 2. The molecule has 0 amide bonds. The average Bonchev–Trinajstić information content (AvgIpc) is 2.16. The summed E-state index contributed by atoms with van der Waals surface area (Å²) in [6.45, 7) is -0.812. The van der Waals surface area contributed by atoms with Crippen molar-refractivity contribution in [1.29, 1.82) is 0 Å². The molecule has 4 nitrogen and oxygen atoms in total. The van der Waals surface area contributed by atoms with E-state index in [0.29, 0.717) is 0 Å². The van der Waals surface area contributed by atoms with Crippen LogP contribution in [0.15, 0.2) is 18.2 Å². The maximum atomic E-state index is 11.8. The van der Waals surface area contributed by atoms with E-state index in [9.17, 15) is 13.6 Å². The molecule has 0 spiro atoms. The maximum absolute atomic E-state index is 11.8. The molecule has 1 aromatic carbocycles. The molecule has 0 heterocycles. The Morgan fingerprint density at radius 1 is 1.53 bits per heavy atom. The Morgan fingerprint density at radius 2 is 2.20 bits per heavy atom. The minimum Gasteiger partial charge on any atom is -0.485 e. The number of benzene rings is 1. The van der Waals surface area contributed by atoms with Crippen LogP contribution in [0.1, 0.15) is 10.4 Å². The molecule has 0 saturated heterocycles. The zero-order valence-corrected chi connectivity index (χ0v) is 7.61. The molecule has 0 unspecified atom stereocenters. The number of carboxylic acid groups (broad SMARTS) is 1. The van der Waals surface area contributed by atoms with Gasteiger partial charge in [0.05, 0.1) is 11.3 Å². The van der Waals surface area contributed by atoms with Crippen LogP contribution in [-0.2, 0) is 0 Å². The molecule has 0 radical (unpaired) electrons. The van der Waals surface area contributed by atoms with Crippen LogP contribution in [0.4, 0.5) is 14.5 Å². The van der Waals surface area contributed by atoms with Gasteiger partial charge in [0.15, 0.2) is 0 Å². The number of alkyl halides is 2. The number of carbonyl (C=O) groups is 1. The van der Waals surface area contributed by atoms with Crippen molar-refractivity contribution in [2.24, 2.45) is 0 Å². The Balaban J connectivity index is 2.85. The predicted octanol–water partition coefficient (Wildman–Crippen LogP) is 1.61. The highest BCUT2D eigenvalue weighted by atomic mass is 19.3. The number of halogens is 2. The first-order valence-corrected chi connectivity index (χ1v) is 4.04. The molecule has 0 aliphatic carbocycles. The van der Waals surface area contributed by atoms with E-state index in [0.717, 1.165) is 6.07 Å². The highest BCUT2D eigenvalue weighted by Gasteiger charge is 2.09. The Labute approximate surface area is 84.3 Å². The second-order valence-corrected chi connectivity index (χ2v) is 2.76. The first-order valence-electron chi connectivity index (χ1n) is 4.04. The smallest absolute Gasteiger partial charge is 0.335 e. The van der Waals surface area contributed by atoms with Gasteiger partial charge in [-0.3, -0.25) is 0 Å². The minimum absolute atomic E-state index is 0.0461. The van der Waals surface area contributed by atoms with Crippen molar-refractivity contribution in [1.82, 2.24) is 0 Å². The van der Waals surface area contributed by atoms with Crippen molar-refractivity contribution in [2.75, 3.05) is 12.3 Å².